The molecule has 0 saturated carbocycles. The lowest BCUT2D eigenvalue weighted by atomic mass is 9.82. The van der Waals surface area contributed by atoms with Crippen LogP contribution in [0.1, 0.15) is 73.1 Å². The first-order valence-electron chi connectivity index (χ1n) is 7.30. The second kappa shape index (κ2) is 6.93. The van der Waals surface area contributed by atoms with E-state index in [-0.39, 0.29) is 18.3 Å². The molecule has 1 fully saturated rings. The van der Waals surface area contributed by atoms with Crippen LogP contribution < -0.4 is 0 Å². The Labute approximate surface area is 127 Å². The number of rotatable bonds is 7. The molecule has 0 aromatic heterocycles. The minimum Gasteiger partial charge on any atom is -0.403 e. The molecule has 2 nitrogen and oxygen atoms in total. The van der Waals surface area contributed by atoms with Crippen molar-refractivity contribution in [3.05, 3.63) is 0 Å². The van der Waals surface area contributed by atoms with Gasteiger partial charge in [0.25, 0.3) is 0 Å². The van der Waals surface area contributed by atoms with Crippen molar-refractivity contribution in [1.82, 2.24) is 0 Å². The highest BCUT2D eigenvalue weighted by atomic mass is 127. The fourth-order valence-corrected chi connectivity index (χ4v) is 2.85. The van der Waals surface area contributed by atoms with Gasteiger partial charge in [0.05, 0.1) is 11.2 Å². The van der Waals surface area contributed by atoms with Crippen LogP contribution in [-0.4, -0.2) is 22.1 Å². The van der Waals surface area contributed by atoms with Crippen LogP contribution in [0, 0.1) is 0 Å². The number of hydrogen-bond acceptors (Lipinski definition) is 2. The van der Waals surface area contributed by atoms with E-state index in [0.29, 0.717) is 3.82 Å². The third-order valence-corrected chi connectivity index (χ3v) is 5.36. The number of halogens is 1. The molecule has 4 heteroatoms. The lowest BCUT2D eigenvalue weighted by molar-refractivity contribution is 0.00578. The van der Waals surface area contributed by atoms with Crippen LogP contribution in [0.3, 0.4) is 0 Å². The fourth-order valence-electron chi connectivity index (χ4n) is 2.12. The molecule has 1 saturated heterocycles. The van der Waals surface area contributed by atoms with E-state index in [1.165, 1.54) is 38.5 Å². The van der Waals surface area contributed by atoms with Gasteiger partial charge in [-0.2, -0.15) is 0 Å². The SMILES string of the molecule is CCCCCCCC(I)B1OC(C)(C)C(C)(C)O1. The Morgan fingerprint density at radius 3 is 1.94 bits per heavy atom. The van der Waals surface area contributed by atoms with E-state index >= 15 is 0 Å². The van der Waals surface area contributed by atoms with Crippen molar-refractivity contribution in [2.24, 2.45) is 0 Å². The molecule has 0 bridgehead atoms. The zero-order valence-electron chi connectivity index (χ0n) is 12.6. The van der Waals surface area contributed by atoms with Crippen LogP contribution in [-0.2, 0) is 9.31 Å². The van der Waals surface area contributed by atoms with Gasteiger partial charge in [0.15, 0.2) is 0 Å². The van der Waals surface area contributed by atoms with Gasteiger partial charge in [-0.3, -0.25) is 0 Å². The summed E-state index contributed by atoms with van der Waals surface area (Å²) in [5, 5.41) is 0. The Bertz CT molecular complexity index is 240. The zero-order valence-corrected chi connectivity index (χ0v) is 14.7. The quantitative estimate of drug-likeness (QED) is 0.279. The Balaban J connectivity index is 2.29. The summed E-state index contributed by atoms with van der Waals surface area (Å²) in [6, 6.07) is 0. The van der Waals surface area contributed by atoms with Gasteiger partial charge in [-0.25, -0.2) is 0 Å². The van der Waals surface area contributed by atoms with E-state index in [4.69, 9.17) is 9.31 Å². The normalized spacial score (nSPS) is 23.3. The molecule has 0 aromatic carbocycles. The highest BCUT2D eigenvalue weighted by Gasteiger charge is 2.53. The zero-order chi connectivity index (χ0) is 13.8. The summed E-state index contributed by atoms with van der Waals surface area (Å²) < 4.78 is 12.6. The molecule has 1 unspecified atom stereocenters. The Morgan fingerprint density at radius 2 is 1.44 bits per heavy atom. The van der Waals surface area contributed by atoms with Crippen molar-refractivity contribution >= 4 is 29.7 Å². The summed E-state index contributed by atoms with van der Waals surface area (Å²) in [7, 11) is -0.0400. The highest BCUT2D eigenvalue weighted by molar-refractivity contribution is 14.1. The predicted molar refractivity (Wildman–Crippen MR) is 87.3 cm³/mol. The summed E-state index contributed by atoms with van der Waals surface area (Å²) in [5.74, 6) is 0. The first-order chi connectivity index (χ1) is 8.30. The van der Waals surface area contributed by atoms with Gasteiger partial charge in [-0.1, -0.05) is 61.6 Å². The summed E-state index contributed by atoms with van der Waals surface area (Å²) >= 11 is 2.49. The maximum Gasteiger partial charge on any atom is 0.471 e. The first kappa shape index (κ1) is 16.8. The molecule has 1 heterocycles. The highest BCUT2D eigenvalue weighted by Crippen LogP contribution is 2.39. The lowest BCUT2D eigenvalue weighted by Crippen LogP contribution is -2.41. The Hall–Kier alpha value is 0.715. The summed E-state index contributed by atoms with van der Waals surface area (Å²) in [6.45, 7) is 10.7. The minimum atomic E-state index is -0.191. The standard InChI is InChI=1S/C14H28BIO2/c1-6-7-8-9-10-11-12(16)15-17-13(2,3)14(4,5)18-15/h12H,6-11H2,1-5H3. The molecule has 0 spiro atoms. The number of alkyl halides is 1. The Morgan fingerprint density at radius 1 is 0.944 bits per heavy atom. The minimum absolute atomic E-state index is 0.0400. The molecular formula is C14H28BIO2. The van der Waals surface area contributed by atoms with Crippen LogP contribution >= 0.6 is 22.6 Å². The molecule has 0 aromatic rings. The van der Waals surface area contributed by atoms with Gasteiger partial charge in [-0.05, 0) is 34.1 Å². The van der Waals surface area contributed by atoms with Crippen LogP contribution in [0.15, 0.2) is 0 Å². The third-order valence-electron chi connectivity index (χ3n) is 4.15. The van der Waals surface area contributed by atoms with E-state index in [1.807, 2.05) is 0 Å². The van der Waals surface area contributed by atoms with Crippen molar-refractivity contribution in [3.63, 3.8) is 0 Å². The second-order valence-corrected chi connectivity index (χ2v) is 7.94. The smallest absolute Gasteiger partial charge is 0.403 e. The molecule has 1 atom stereocenters. The monoisotopic (exact) mass is 366 g/mol. The number of hydrogen-bond donors (Lipinski definition) is 0. The van der Waals surface area contributed by atoms with Crippen molar-refractivity contribution in [3.8, 4) is 0 Å². The van der Waals surface area contributed by atoms with E-state index in [2.05, 4.69) is 57.2 Å². The molecule has 1 rings (SSSR count). The summed E-state index contributed by atoms with van der Waals surface area (Å²) in [4.78, 5) is 0. The van der Waals surface area contributed by atoms with Crippen molar-refractivity contribution in [1.29, 1.82) is 0 Å². The van der Waals surface area contributed by atoms with Crippen LogP contribution in [0.2, 0.25) is 0 Å². The van der Waals surface area contributed by atoms with Gasteiger partial charge in [0.1, 0.15) is 0 Å². The first-order valence-corrected chi connectivity index (χ1v) is 8.54. The molecule has 0 amide bonds. The van der Waals surface area contributed by atoms with Gasteiger partial charge < -0.3 is 9.31 Å². The topological polar surface area (TPSA) is 18.5 Å². The average Bonchev–Trinajstić information content (AvgIpc) is 2.48. The van der Waals surface area contributed by atoms with Gasteiger partial charge in [0.2, 0.25) is 0 Å². The van der Waals surface area contributed by atoms with Gasteiger partial charge >= 0.3 is 7.12 Å². The van der Waals surface area contributed by atoms with E-state index in [0.717, 1.165) is 0 Å². The van der Waals surface area contributed by atoms with Gasteiger partial charge in [-0.15, -0.1) is 0 Å². The molecule has 1 aliphatic heterocycles. The van der Waals surface area contributed by atoms with Crippen molar-refractivity contribution in [2.75, 3.05) is 0 Å². The average molecular weight is 366 g/mol. The maximum atomic E-state index is 6.07. The molecule has 106 valence electrons. The molecule has 0 radical (unpaired) electrons. The van der Waals surface area contributed by atoms with Gasteiger partial charge in [0, 0.05) is 3.82 Å². The molecule has 0 aliphatic carbocycles. The van der Waals surface area contributed by atoms with Crippen molar-refractivity contribution in [2.45, 2.75) is 88.2 Å². The van der Waals surface area contributed by atoms with Crippen molar-refractivity contribution < 1.29 is 9.31 Å². The lowest BCUT2D eigenvalue weighted by Gasteiger charge is -2.32. The van der Waals surface area contributed by atoms with Crippen LogP contribution in [0.5, 0.6) is 0 Å². The largest absolute Gasteiger partial charge is 0.471 e. The van der Waals surface area contributed by atoms with Crippen LogP contribution in [0.25, 0.3) is 0 Å². The number of unbranched alkanes of at least 4 members (excludes halogenated alkanes) is 4. The molecule has 1 aliphatic rings. The van der Waals surface area contributed by atoms with E-state index in [1.54, 1.807) is 0 Å². The van der Waals surface area contributed by atoms with E-state index in [9.17, 15) is 0 Å². The predicted octanol–water partition coefficient (Wildman–Crippen LogP) is 4.78. The molecular weight excluding hydrogens is 338 g/mol. The fraction of sp³-hybridized carbons (Fsp3) is 1.00. The van der Waals surface area contributed by atoms with Crippen LogP contribution in [0.4, 0.5) is 0 Å². The maximum absolute atomic E-state index is 6.07. The van der Waals surface area contributed by atoms with E-state index < -0.39 is 0 Å². The second-order valence-electron chi connectivity index (χ2n) is 6.34. The molecule has 18 heavy (non-hydrogen) atoms. The third kappa shape index (κ3) is 4.38. The summed E-state index contributed by atoms with van der Waals surface area (Å²) in [5.41, 5.74) is -0.382. The summed E-state index contributed by atoms with van der Waals surface area (Å²) in [6.07, 6.45) is 7.86. The molecule has 0 N–H and O–H groups in total. The Kier molecular flexibility index (Phi) is 6.46.